The van der Waals surface area contributed by atoms with Crippen molar-refractivity contribution in [2.45, 2.75) is 24.6 Å². The zero-order valence-electron chi connectivity index (χ0n) is 15.6. The molecule has 1 saturated heterocycles. The molecule has 0 saturated carbocycles. The smallest absolute Gasteiger partial charge is 0.251 e. The van der Waals surface area contributed by atoms with Crippen LogP contribution in [-0.2, 0) is 15.6 Å². The topological polar surface area (TPSA) is 66.5 Å². The van der Waals surface area contributed by atoms with Gasteiger partial charge in [-0.1, -0.05) is 42.5 Å². The molecule has 0 bridgehead atoms. The number of benzene rings is 2. The van der Waals surface area contributed by atoms with Gasteiger partial charge >= 0.3 is 0 Å². The monoisotopic (exact) mass is 386 g/mol. The van der Waals surface area contributed by atoms with E-state index in [1.165, 1.54) is 24.7 Å². The summed E-state index contributed by atoms with van der Waals surface area (Å²) in [6.45, 7) is 2.65. The van der Waals surface area contributed by atoms with E-state index in [-0.39, 0.29) is 17.7 Å². The van der Waals surface area contributed by atoms with Crippen LogP contribution in [0.1, 0.15) is 40.4 Å². The first-order chi connectivity index (χ1) is 12.9. The molecule has 3 rings (SSSR count). The SMILES string of the molecule is CS(=O)(=O)Cc1ccc(C(=O)NC[C@H](c2ccccc2)N2CCCC2)cc1. The first kappa shape index (κ1) is 19.6. The second-order valence-corrected chi connectivity index (χ2v) is 9.29. The van der Waals surface area contributed by atoms with E-state index in [0.29, 0.717) is 17.7 Å². The molecule has 1 heterocycles. The lowest BCUT2D eigenvalue weighted by Gasteiger charge is -2.28. The van der Waals surface area contributed by atoms with Crippen LogP contribution in [0.15, 0.2) is 54.6 Å². The minimum atomic E-state index is -3.08. The summed E-state index contributed by atoms with van der Waals surface area (Å²) in [5.74, 6) is -0.152. The van der Waals surface area contributed by atoms with Crippen LogP contribution in [0.2, 0.25) is 0 Å². The highest BCUT2D eigenvalue weighted by Gasteiger charge is 2.24. The van der Waals surface area contributed by atoms with Gasteiger partial charge in [-0.05, 0) is 49.2 Å². The quantitative estimate of drug-likeness (QED) is 0.795. The Morgan fingerprint density at radius 2 is 1.67 bits per heavy atom. The number of rotatable bonds is 7. The molecule has 0 unspecified atom stereocenters. The van der Waals surface area contributed by atoms with E-state index in [9.17, 15) is 13.2 Å². The minimum absolute atomic E-state index is 0.0139. The molecular formula is C21H26N2O3S. The highest BCUT2D eigenvalue weighted by atomic mass is 32.2. The van der Waals surface area contributed by atoms with Crippen molar-refractivity contribution >= 4 is 15.7 Å². The third-order valence-corrected chi connectivity index (χ3v) is 5.72. The second kappa shape index (κ2) is 8.67. The molecule has 2 aromatic carbocycles. The maximum atomic E-state index is 12.5. The molecule has 27 heavy (non-hydrogen) atoms. The Kier molecular flexibility index (Phi) is 6.29. The molecule has 1 N–H and O–H groups in total. The first-order valence-electron chi connectivity index (χ1n) is 9.26. The number of sulfone groups is 1. The van der Waals surface area contributed by atoms with Crippen molar-refractivity contribution in [3.05, 3.63) is 71.3 Å². The number of nitrogens with one attached hydrogen (secondary N) is 1. The van der Waals surface area contributed by atoms with Gasteiger partial charge < -0.3 is 5.32 Å². The highest BCUT2D eigenvalue weighted by molar-refractivity contribution is 7.89. The average molecular weight is 387 g/mol. The lowest BCUT2D eigenvalue weighted by atomic mass is 10.1. The van der Waals surface area contributed by atoms with Crippen molar-refractivity contribution in [3.63, 3.8) is 0 Å². The third-order valence-electron chi connectivity index (χ3n) is 4.87. The van der Waals surface area contributed by atoms with Gasteiger partial charge in [-0.25, -0.2) is 8.42 Å². The zero-order valence-corrected chi connectivity index (χ0v) is 16.4. The number of hydrogen-bond donors (Lipinski definition) is 1. The van der Waals surface area contributed by atoms with Crippen LogP contribution in [-0.4, -0.2) is 45.1 Å². The predicted octanol–water partition coefficient (Wildman–Crippen LogP) is 2.80. The fraction of sp³-hybridized carbons (Fsp3) is 0.381. The van der Waals surface area contributed by atoms with Crippen LogP contribution in [0.5, 0.6) is 0 Å². The summed E-state index contributed by atoms with van der Waals surface area (Å²) in [4.78, 5) is 15.0. The fourth-order valence-corrected chi connectivity index (χ4v) is 4.33. The Morgan fingerprint density at radius 3 is 2.26 bits per heavy atom. The van der Waals surface area contributed by atoms with Crippen molar-refractivity contribution < 1.29 is 13.2 Å². The molecule has 0 spiro atoms. The normalized spacial score (nSPS) is 16.2. The standard InChI is InChI=1S/C21H26N2O3S/c1-27(25,26)16-17-9-11-19(12-10-17)21(24)22-15-20(23-13-5-6-14-23)18-7-3-2-4-8-18/h2-4,7-12,20H,5-6,13-16H2,1H3,(H,22,24)/t20-/m1/s1. The van der Waals surface area contributed by atoms with Crippen LogP contribution in [0.4, 0.5) is 0 Å². The Morgan fingerprint density at radius 1 is 1.04 bits per heavy atom. The number of nitrogens with zero attached hydrogens (tertiary/aromatic N) is 1. The molecule has 1 fully saturated rings. The lowest BCUT2D eigenvalue weighted by Crippen LogP contribution is -2.36. The van der Waals surface area contributed by atoms with Gasteiger partial charge in [0.15, 0.2) is 9.84 Å². The van der Waals surface area contributed by atoms with Crippen molar-refractivity contribution in [1.29, 1.82) is 0 Å². The Bertz CT molecular complexity index is 858. The van der Waals surface area contributed by atoms with Crippen molar-refractivity contribution in [2.75, 3.05) is 25.9 Å². The second-order valence-electron chi connectivity index (χ2n) is 7.15. The summed E-state index contributed by atoms with van der Waals surface area (Å²) < 4.78 is 22.7. The molecule has 2 aromatic rings. The van der Waals surface area contributed by atoms with Gasteiger partial charge in [-0.2, -0.15) is 0 Å². The molecule has 0 aliphatic carbocycles. The first-order valence-corrected chi connectivity index (χ1v) is 11.3. The number of carbonyl (C=O) groups excluding carboxylic acids is 1. The van der Waals surface area contributed by atoms with Crippen LogP contribution < -0.4 is 5.32 Å². The van der Waals surface area contributed by atoms with E-state index in [1.54, 1.807) is 24.3 Å². The van der Waals surface area contributed by atoms with E-state index in [4.69, 9.17) is 0 Å². The van der Waals surface area contributed by atoms with Gasteiger partial charge in [0.05, 0.1) is 11.8 Å². The highest BCUT2D eigenvalue weighted by Crippen LogP contribution is 2.24. The molecule has 1 aliphatic heterocycles. The minimum Gasteiger partial charge on any atom is -0.350 e. The summed E-state index contributed by atoms with van der Waals surface area (Å²) in [7, 11) is -3.08. The van der Waals surface area contributed by atoms with E-state index in [0.717, 1.165) is 13.1 Å². The van der Waals surface area contributed by atoms with E-state index < -0.39 is 9.84 Å². The fourth-order valence-electron chi connectivity index (χ4n) is 3.53. The summed E-state index contributed by atoms with van der Waals surface area (Å²) in [6.07, 6.45) is 3.59. The van der Waals surface area contributed by atoms with E-state index >= 15 is 0 Å². The molecule has 144 valence electrons. The molecular weight excluding hydrogens is 360 g/mol. The molecule has 0 radical (unpaired) electrons. The number of hydrogen-bond acceptors (Lipinski definition) is 4. The van der Waals surface area contributed by atoms with E-state index in [2.05, 4.69) is 22.3 Å². The summed E-state index contributed by atoms with van der Waals surface area (Å²) >= 11 is 0. The largest absolute Gasteiger partial charge is 0.350 e. The van der Waals surface area contributed by atoms with Crippen molar-refractivity contribution in [1.82, 2.24) is 10.2 Å². The molecule has 1 amide bonds. The Labute approximate surface area is 161 Å². The van der Waals surface area contributed by atoms with Gasteiger partial charge in [0, 0.05) is 18.4 Å². The van der Waals surface area contributed by atoms with Crippen molar-refractivity contribution in [2.24, 2.45) is 0 Å². The molecule has 1 aliphatic rings. The van der Waals surface area contributed by atoms with E-state index in [1.807, 2.05) is 18.2 Å². The van der Waals surface area contributed by atoms with Crippen LogP contribution >= 0.6 is 0 Å². The van der Waals surface area contributed by atoms with Crippen LogP contribution in [0.25, 0.3) is 0 Å². The predicted molar refractivity (Wildman–Crippen MR) is 107 cm³/mol. The molecule has 5 nitrogen and oxygen atoms in total. The lowest BCUT2D eigenvalue weighted by molar-refractivity contribution is 0.0938. The maximum Gasteiger partial charge on any atom is 0.251 e. The maximum absolute atomic E-state index is 12.5. The van der Waals surface area contributed by atoms with Gasteiger partial charge in [-0.3, -0.25) is 9.69 Å². The molecule has 1 atom stereocenters. The zero-order chi connectivity index (χ0) is 19.3. The van der Waals surface area contributed by atoms with Crippen LogP contribution in [0, 0.1) is 0 Å². The summed E-state index contributed by atoms with van der Waals surface area (Å²) in [5, 5.41) is 3.04. The number of amides is 1. The summed E-state index contributed by atoms with van der Waals surface area (Å²) in [5.41, 5.74) is 2.44. The van der Waals surface area contributed by atoms with Crippen LogP contribution in [0.3, 0.4) is 0 Å². The molecule has 6 heteroatoms. The number of likely N-dealkylation sites (tertiary alicyclic amines) is 1. The van der Waals surface area contributed by atoms with Gasteiger partial charge in [0.2, 0.25) is 0 Å². The average Bonchev–Trinajstić information content (AvgIpc) is 3.16. The van der Waals surface area contributed by atoms with Gasteiger partial charge in [-0.15, -0.1) is 0 Å². The van der Waals surface area contributed by atoms with Gasteiger partial charge in [0.1, 0.15) is 0 Å². The third kappa shape index (κ3) is 5.65. The summed E-state index contributed by atoms with van der Waals surface area (Å²) in [6, 6.07) is 17.2. The van der Waals surface area contributed by atoms with Crippen molar-refractivity contribution in [3.8, 4) is 0 Å². The Hall–Kier alpha value is -2.18. The molecule has 0 aromatic heterocycles. The number of carbonyl (C=O) groups is 1. The Balaban J connectivity index is 1.65. The van der Waals surface area contributed by atoms with Gasteiger partial charge in [0.25, 0.3) is 5.91 Å².